The lowest BCUT2D eigenvalue weighted by atomic mass is 10.0. The molecule has 120 valence electrons. The van der Waals surface area contributed by atoms with Gasteiger partial charge in [0, 0.05) is 19.2 Å². The number of nitrogens with zero attached hydrogens (tertiary/aromatic N) is 1. The minimum atomic E-state index is -0.0405. The molecule has 0 N–H and O–H groups in total. The van der Waals surface area contributed by atoms with Gasteiger partial charge in [-0.25, -0.2) is 0 Å². The summed E-state index contributed by atoms with van der Waals surface area (Å²) in [6.07, 6.45) is 0. The zero-order chi connectivity index (χ0) is 16.5. The fourth-order valence-corrected chi connectivity index (χ4v) is 3.01. The number of hydrogen-bond acceptors (Lipinski definition) is 3. The van der Waals surface area contributed by atoms with Crippen molar-refractivity contribution in [2.75, 3.05) is 13.8 Å². The van der Waals surface area contributed by atoms with Crippen LogP contribution in [0.4, 0.5) is 0 Å². The fourth-order valence-electron chi connectivity index (χ4n) is 3.01. The Labute approximate surface area is 140 Å². The topological polar surface area (TPSA) is 38.8 Å². The molecule has 0 saturated heterocycles. The van der Waals surface area contributed by atoms with Crippen molar-refractivity contribution in [1.29, 1.82) is 0 Å². The molecular formula is C20H17NO3. The van der Waals surface area contributed by atoms with Crippen LogP contribution in [0.3, 0.4) is 0 Å². The van der Waals surface area contributed by atoms with Gasteiger partial charge in [0.15, 0.2) is 11.5 Å². The van der Waals surface area contributed by atoms with Crippen molar-refractivity contribution in [2.24, 2.45) is 0 Å². The van der Waals surface area contributed by atoms with Gasteiger partial charge in [-0.1, -0.05) is 42.5 Å². The third kappa shape index (κ3) is 2.56. The third-order valence-electron chi connectivity index (χ3n) is 4.25. The highest BCUT2D eigenvalue weighted by molar-refractivity contribution is 5.95. The van der Waals surface area contributed by atoms with E-state index in [4.69, 9.17) is 9.47 Å². The maximum Gasteiger partial charge on any atom is 0.254 e. The lowest BCUT2D eigenvalue weighted by Crippen LogP contribution is -2.26. The molecule has 1 aliphatic heterocycles. The molecule has 0 fully saturated rings. The summed E-state index contributed by atoms with van der Waals surface area (Å²) in [5.41, 5.74) is 1.73. The summed E-state index contributed by atoms with van der Waals surface area (Å²) < 4.78 is 10.6. The quantitative estimate of drug-likeness (QED) is 0.736. The second-order valence-electron chi connectivity index (χ2n) is 5.87. The van der Waals surface area contributed by atoms with Crippen molar-refractivity contribution in [1.82, 2.24) is 4.90 Å². The van der Waals surface area contributed by atoms with Gasteiger partial charge in [0.1, 0.15) is 0 Å². The summed E-state index contributed by atoms with van der Waals surface area (Å²) in [6, 6.07) is 19.7. The van der Waals surface area contributed by atoms with Crippen LogP contribution in [0.25, 0.3) is 10.8 Å². The van der Waals surface area contributed by atoms with Crippen LogP contribution in [0.2, 0.25) is 0 Å². The molecule has 3 aromatic rings. The molecule has 0 radical (unpaired) electrons. The van der Waals surface area contributed by atoms with Crippen molar-refractivity contribution >= 4 is 16.7 Å². The van der Waals surface area contributed by atoms with Crippen LogP contribution in [0.5, 0.6) is 11.5 Å². The molecule has 24 heavy (non-hydrogen) atoms. The minimum Gasteiger partial charge on any atom is -0.454 e. The van der Waals surface area contributed by atoms with Crippen molar-refractivity contribution in [3.05, 3.63) is 71.8 Å². The Balaban J connectivity index is 1.59. The molecule has 1 heterocycles. The molecule has 4 heteroatoms. The monoisotopic (exact) mass is 319 g/mol. The average molecular weight is 319 g/mol. The van der Waals surface area contributed by atoms with Crippen LogP contribution in [-0.2, 0) is 6.54 Å². The first kappa shape index (κ1) is 14.6. The molecule has 1 aliphatic rings. The van der Waals surface area contributed by atoms with Gasteiger partial charge in [-0.3, -0.25) is 4.79 Å². The first-order valence-corrected chi connectivity index (χ1v) is 7.84. The van der Waals surface area contributed by atoms with Gasteiger partial charge in [-0.05, 0) is 34.5 Å². The Bertz CT molecular complexity index is 914. The summed E-state index contributed by atoms with van der Waals surface area (Å²) in [5.74, 6) is 1.27. The molecule has 3 aromatic carbocycles. The number of carbonyl (C=O) groups is 1. The van der Waals surface area contributed by atoms with Crippen LogP contribution in [0.1, 0.15) is 15.9 Å². The predicted molar refractivity (Wildman–Crippen MR) is 92.3 cm³/mol. The molecular weight excluding hydrogens is 302 g/mol. The van der Waals surface area contributed by atoms with Crippen molar-refractivity contribution in [3.63, 3.8) is 0 Å². The normalized spacial score (nSPS) is 12.4. The van der Waals surface area contributed by atoms with Gasteiger partial charge in [0.2, 0.25) is 6.79 Å². The Hall–Kier alpha value is -3.01. The average Bonchev–Trinajstić information content (AvgIpc) is 3.09. The number of hydrogen-bond donors (Lipinski definition) is 0. The highest BCUT2D eigenvalue weighted by Crippen LogP contribution is 2.33. The second kappa shape index (κ2) is 5.89. The maximum atomic E-state index is 12.7. The number of fused-ring (bicyclic) bond motifs is 2. The highest BCUT2D eigenvalue weighted by atomic mass is 16.7. The van der Waals surface area contributed by atoms with Crippen LogP contribution < -0.4 is 9.47 Å². The van der Waals surface area contributed by atoms with E-state index in [2.05, 4.69) is 24.3 Å². The largest absolute Gasteiger partial charge is 0.454 e. The van der Waals surface area contributed by atoms with E-state index in [1.807, 2.05) is 25.2 Å². The molecule has 0 atom stereocenters. The Morgan fingerprint density at radius 3 is 2.71 bits per heavy atom. The van der Waals surface area contributed by atoms with Crippen molar-refractivity contribution < 1.29 is 14.3 Å². The van der Waals surface area contributed by atoms with E-state index in [9.17, 15) is 4.79 Å². The zero-order valence-electron chi connectivity index (χ0n) is 13.4. The molecule has 0 spiro atoms. The summed E-state index contributed by atoms with van der Waals surface area (Å²) >= 11 is 0. The summed E-state index contributed by atoms with van der Waals surface area (Å²) in [5, 5.41) is 2.35. The minimum absolute atomic E-state index is 0.0405. The SMILES string of the molecule is CN(Cc1cccc2ccccc12)C(=O)c1ccc2c(c1)OCO2. The zero-order valence-corrected chi connectivity index (χ0v) is 13.4. The lowest BCUT2D eigenvalue weighted by molar-refractivity contribution is 0.0785. The van der Waals surface area contributed by atoms with Gasteiger partial charge in [-0.2, -0.15) is 0 Å². The van der Waals surface area contributed by atoms with E-state index in [0.717, 1.165) is 5.56 Å². The van der Waals surface area contributed by atoms with Gasteiger partial charge in [0.25, 0.3) is 5.91 Å². The number of ether oxygens (including phenoxy) is 2. The van der Waals surface area contributed by atoms with Gasteiger partial charge in [-0.15, -0.1) is 0 Å². The Morgan fingerprint density at radius 1 is 1.00 bits per heavy atom. The van der Waals surface area contributed by atoms with Crippen molar-refractivity contribution in [2.45, 2.75) is 6.54 Å². The molecule has 1 amide bonds. The highest BCUT2D eigenvalue weighted by Gasteiger charge is 2.18. The molecule has 0 aliphatic carbocycles. The molecule has 4 rings (SSSR count). The fraction of sp³-hybridized carbons (Fsp3) is 0.150. The first-order valence-electron chi connectivity index (χ1n) is 7.84. The van der Waals surface area contributed by atoms with E-state index >= 15 is 0 Å². The van der Waals surface area contributed by atoms with E-state index in [-0.39, 0.29) is 12.7 Å². The number of carbonyl (C=O) groups excluding carboxylic acids is 1. The molecule has 0 unspecified atom stereocenters. The predicted octanol–water partition coefficient (Wildman–Crippen LogP) is 3.84. The van der Waals surface area contributed by atoms with Gasteiger partial charge >= 0.3 is 0 Å². The number of benzene rings is 3. The molecule has 0 saturated carbocycles. The summed E-state index contributed by atoms with van der Waals surface area (Å²) in [7, 11) is 1.81. The summed E-state index contributed by atoms with van der Waals surface area (Å²) in [6.45, 7) is 0.757. The molecule has 4 nitrogen and oxygen atoms in total. The van der Waals surface area contributed by atoms with Gasteiger partial charge in [0.05, 0.1) is 0 Å². The van der Waals surface area contributed by atoms with Gasteiger partial charge < -0.3 is 14.4 Å². The maximum absolute atomic E-state index is 12.7. The van der Waals surface area contributed by atoms with E-state index in [1.54, 1.807) is 23.1 Å². The van der Waals surface area contributed by atoms with E-state index < -0.39 is 0 Å². The third-order valence-corrected chi connectivity index (χ3v) is 4.25. The van der Waals surface area contributed by atoms with Crippen molar-refractivity contribution in [3.8, 4) is 11.5 Å². The lowest BCUT2D eigenvalue weighted by Gasteiger charge is -2.18. The molecule has 0 bridgehead atoms. The first-order chi connectivity index (χ1) is 11.7. The number of amides is 1. The van der Waals surface area contributed by atoms with Crippen LogP contribution in [0, 0.1) is 0 Å². The Morgan fingerprint density at radius 2 is 1.79 bits per heavy atom. The van der Waals surface area contributed by atoms with Crippen LogP contribution in [0.15, 0.2) is 60.7 Å². The van der Waals surface area contributed by atoms with Crippen LogP contribution >= 0.6 is 0 Å². The summed E-state index contributed by atoms with van der Waals surface area (Å²) in [4.78, 5) is 14.4. The van der Waals surface area contributed by atoms with Crippen LogP contribution in [-0.4, -0.2) is 24.6 Å². The van der Waals surface area contributed by atoms with E-state index in [1.165, 1.54) is 10.8 Å². The number of rotatable bonds is 3. The van der Waals surface area contributed by atoms with E-state index in [0.29, 0.717) is 23.6 Å². The Kier molecular flexibility index (Phi) is 3.58. The molecule has 0 aromatic heterocycles. The second-order valence-corrected chi connectivity index (χ2v) is 5.87. The standard InChI is InChI=1S/C20H17NO3/c1-21(12-16-7-4-6-14-5-2-3-8-17(14)16)20(22)15-9-10-18-19(11-15)24-13-23-18/h2-11H,12-13H2,1H3. The smallest absolute Gasteiger partial charge is 0.254 e.